The van der Waals surface area contributed by atoms with Crippen LogP contribution in [0.1, 0.15) is 163 Å². The van der Waals surface area contributed by atoms with Crippen molar-refractivity contribution in [1.29, 1.82) is 0 Å². The molecule has 0 heteroatoms. The highest BCUT2D eigenvalue weighted by atomic mass is 14.6. The van der Waals surface area contributed by atoms with Crippen LogP contribution in [-0.2, 0) is 0 Å². The van der Waals surface area contributed by atoms with E-state index < -0.39 is 0 Å². The van der Waals surface area contributed by atoms with E-state index in [0.29, 0.717) is 10.8 Å². The summed E-state index contributed by atoms with van der Waals surface area (Å²) in [5, 5.41) is 0. The maximum atomic E-state index is 2.68. The van der Waals surface area contributed by atoms with Crippen LogP contribution in [0.4, 0.5) is 0 Å². The first-order chi connectivity index (χ1) is 15.7. The number of hydrogen-bond acceptors (Lipinski definition) is 0. The molecule has 0 saturated heterocycles. The molecule has 192 valence electrons. The van der Waals surface area contributed by atoms with E-state index in [0.717, 1.165) is 35.0 Å². The fourth-order valence-electron chi connectivity index (χ4n) is 9.94. The molecule has 0 aromatic carbocycles. The average molecular weight is 457 g/mol. The molecule has 6 saturated carbocycles. The van der Waals surface area contributed by atoms with Crippen LogP contribution in [0.25, 0.3) is 0 Å². The van der Waals surface area contributed by atoms with Crippen LogP contribution in [0.3, 0.4) is 0 Å². The van der Waals surface area contributed by atoms with Gasteiger partial charge in [0, 0.05) is 0 Å². The van der Waals surface area contributed by atoms with Crippen molar-refractivity contribution in [2.45, 2.75) is 163 Å². The lowest BCUT2D eigenvalue weighted by molar-refractivity contribution is -0.0906. The van der Waals surface area contributed by atoms with Gasteiger partial charge >= 0.3 is 0 Å². The van der Waals surface area contributed by atoms with Gasteiger partial charge in [-0.3, -0.25) is 0 Å². The van der Waals surface area contributed by atoms with E-state index in [1.165, 1.54) is 96.3 Å². The first kappa shape index (κ1) is 26.1. The molecule has 6 fully saturated rings. The van der Waals surface area contributed by atoms with E-state index in [9.17, 15) is 0 Å². The van der Waals surface area contributed by atoms with Gasteiger partial charge in [-0.15, -0.1) is 0 Å². The van der Waals surface area contributed by atoms with Crippen LogP contribution >= 0.6 is 0 Å². The summed E-state index contributed by atoms with van der Waals surface area (Å²) in [6.45, 7) is 13.0. The molecule has 0 aliphatic heterocycles. The van der Waals surface area contributed by atoms with E-state index in [2.05, 4.69) is 34.6 Å². The predicted octanol–water partition coefficient (Wildman–Crippen LogP) is 11.0. The zero-order chi connectivity index (χ0) is 23.5. The molecule has 4 unspecified atom stereocenters. The molecule has 0 nitrogen and oxygen atoms in total. The van der Waals surface area contributed by atoms with Gasteiger partial charge < -0.3 is 0 Å². The molecular formula is C33H60. The van der Waals surface area contributed by atoms with Crippen LogP contribution in [0.5, 0.6) is 0 Å². The molecule has 0 heterocycles. The Morgan fingerprint density at radius 2 is 1.03 bits per heavy atom. The molecule has 0 spiro atoms. The second-order valence-corrected chi connectivity index (χ2v) is 15.0. The first-order valence-corrected chi connectivity index (χ1v) is 15.7. The van der Waals surface area contributed by atoms with Gasteiger partial charge in [-0.05, 0) is 104 Å². The van der Waals surface area contributed by atoms with Crippen molar-refractivity contribution >= 4 is 0 Å². The van der Waals surface area contributed by atoms with Gasteiger partial charge in [0.05, 0.1) is 0 Å². The average Bonchev–Trinajstić information content (AvgIpc) is 2.93. The van der Waals surface area contributed by atoms with Crippen LogP contribution in [0, 0.1) is 45.8 Å². The highest BCUT2D eigenvalue weighted by Crippen LogP contribution is 2.62. The Balaban J connectivity index is 0.000000180. The Bertz CT molecular complexity index is 577. The lowest BCUT2D eigenvalue weighted by Crippen LogP contribution is -2.50. The molecule has 0 amide bonds. The Labute approximate surface area is 208 Å². The topological polar surface area (TPSA) is 0 Å². The summed E-state index contributed by atoms with van der Waals surface area (Å²) in [6.07, 6.45) is 30.2. The lowest BCUT2D eigenvalue weighted by atomic mass is 9.46. The van der Waals surface area contributed by atoms with Crippen molar-refractivity contribution in [3.8, 4) is 0 Å². The van der Waals surface area contributed by atoms with Crippen molar-refractivity contribution in [2.75, 3.05) is 0 Å². The summed E-state index contributed by atoms with van der Waals surface area (Å²) < 4.78 is 0. The third-order valence-electron chi connectivity index (χ3n) is 12.6. The molecular weight excluding hydrogens is 396 g/mol. The van der Waals surface area contributed by atoms with Gasteiger partial charge in [-0.1, -0.05) is 105 Å². The van der Waals surface area contributed by atoms with Gasteiger partial charge in [0.1, 0.15) is 0 Å². The Morgan fingerprint density at radius 3 is 1.58 bits per heavy atom. The molecule has 4 atom stereocenters. The highest BCUT2D eigenvalue weighted by molar-refractivity contribution is 5.02. The fraction of sp³-hybridized carbons (Fsp3) is 1.00. The van der Waals surface area contributed by atoms with Crippen LogP contribution in [-0.4, -0.2) is 0 Å². The summed E-state index contributed by atoms with van der Waals surface area (Å²) in [5.74, 6) is 5.39. The summed E-state index contributed by atoms with van der Waals surface area (Å²) in [6, 6.07) is 0. The summed E-state index contributed by atoms with van der Waals surface area (Å²) in [7, 11) is 0. The fourth-order valence-corrected chi connectivity index (χ4v) is 9.94. The van der Waals surface area contributed by atoms with Gasteiger partial charge in [0.15, 0.2) is 0 Å². The van der Waals surface area contributed by atoms with E-state index >= 15 is 0 Å². The summed E-state index contributed by atoms with van der Waals surface area (Å²) in [4.78, 5) is 0. The van der Waals surface area contributed by atoms with Crippen LogP contribution in [0.15, 0.2) is 0 Å². The third-order valence-corrected chi connectivity index (χ3v) is 12.6. The van der Waals surface area contributed by atoms with Crippen molar-refractivity contribution < 1.29 is 0 Å². The van der Waals surface area contributed by atoms with E-state index in [-0.39, 0.29) is 0 Å². The predicted molar refractivity (Wildman–Crippen MR) is 145 cm³/mol. The molecule has 0 aromatic heterocycles. The lowest BCUT2D eigenvalue weighted by Gasteiger charge is -2.59. The Kier molecular flexibility index (Phi) is 8.65. The van der Waals surface area contributed by atoms with E-state index in [4.69, 9.17) is 0 Å². The zero-order valence-corrected chi connectivity index (χ0v) is 23.5. The van der Waals surface area contributed by atoms with Crippen molar-refractivity contribution in [2.24, 2.45) is 45.8 Å². The second kappa shape index (κ2) is 10.9. The molecule has 0 radical (unpaired) electrons. The summed E-state index contributed by atoms with van der Waals surface area (Å²) in [5.41, 5.74) is 1.88. The molecule has 6 aliphatic carbocycles. The Hall–Kier alpha value is 0. The number of hydrogen-bond donors (Lipinski definition) is 0. The third kappa shape index (κ3) is 5.88. The van der Waals surface area contributed by atoms with Crippen molar-refractivity contribution in [3.05, 3.63) is 0 Å². The standard InChI is InChI=1S/C21H40.C12H20/c1-20(2)17-13-9-6-10-14-18-21(20,3)19-15-11-7-4-5-8-12-16-19;1-8-11-4-9-3-10(5-11)7-12(8,2)6-9/h19H,4-18H2,1-3H3;8-11H,3-7H2,1-2H3. The molecule has 6 rings (SSSR count). The molecule has 6 aliphatic rings. The number of rotatable bonds is 1. The minimum atomic E-state index is 0.538. The zero-order valence-electron chi connectivity index (χ0n) is 23.5. The summed E-state index contributed by atoms with van der Waals surface area (Å²) >= 11 is 0. The van der Waals surface area contributed by atoms with E-state index in [1.54, 1.807) is 32.1 Å². The minimum Gasteiger partial charge on any atom is -0.0617 e. The Morgan fingerprint density at radius 1 is 0.545 bits per heavy atom. The maximum absolute atomic E-state index is 2.68. The maximum Gasteiger partial charge on any atom is -0.0246 e. The molecule has 33 heavy (non-hydrogen) atoms. The van der Waals surface area contributed by atoms with Gasteiger partial charge in [0.25, 0.3) is 0 Å². The highest BCUT2D eigenvalue weighted by Gasteiger charge is 2.52. The monoisotopic (exact) mass is 456 g/mol. The van der Waals surface area contributed by atoms with Crippen molar-refractivity contribution in [1.82, 2.24) is 0 Å². The normalized spacial score (nSPS) is 44.3. The molecule has 4 bridgehead atoms. The van der Waals surface area contributed by atoms with Crippen molar-refractivity contribution in [3.63, 3.8) is 0 Å². The van der Waals surface area contributed by atoms with Crippen LogP contribution in [0.2, 0.25) is 0 Å². The quantitative estimate of drug-likeness (QED) is 0.368. The van der Waals surface area contributed by atoms with Crippen LogP contribution < -0.4 is 0 Å². The molecule has 0 aromatic rings. The van der Waals surface area contributed by atoms with E-state index in [1.807, 2.05) is 0 Å². The largest absolute Gasteiger partial charge is 0.0617 e. The van der Waals surface area contributed by atoms with Gasteiger partial charge in [-0.25, -0.2) is 0 Å². The van der Waals surface area contributed by atoms with Gasteiger partial charge in [0.2, 0.25) is 0 Å². The first-order valence-electron chi connectivity index (χ1n) is 15.7. The molecule has 0 N–H and O–H groups in total. The second-order valence-electron chi connectivity index (χ2n) is 15.0. The minimum absolute atomic E-state index is 0.538. The SMILES string of the molecule is CC1(C)CCCCCCCC1(C)C1CCCCCCCC1.CC1C2CC3CC(C2)CC1(C)C3. The smallest absolute Gasteiger partial charge is 0.0246 e. The van der Waals surface area contributed by atoms with Gasteiger partial charge in [-0.2, -0.15) is 0 Å².